The van der Waals surface area contributed by atoms with Gasteiger partial charge in [0.05, 0.1) is 0 Å². The second-order valence-corrected chi connectivity index (χ2v) is 6.81. The standard InChI is InChI=1S/C16H30N2O3/c1-12(2)7-9-17(4)16(21)18-8-5-6-14(11-18)13(3)10-15(19)20/h12-14H,5-11H2,1-4H3,(H,19,20). The van der Waals surface area contributed by atoms with Crippen molar-refractivity contribution in [3.05, 3.63) is 0 Å². The van der Waals surface area contributed by atoms with Gasteiger partial charge in [-0.3, -0.25) is 4.79 Å². The Hall–Kier alpha value is -1.26. The number of carboxylic acid groups (broad SMARTS) is 1. The number of hydrogen-bond donors (Lipinski definition) is 1. The van der Waals surface area contributed by atoms with Gasteiger partial charge in [0.25, 0.3) is 0 Å². The van der Waals surface area contributed by atoms with Gasteiger partial charge in [0.15, 0.2) is 0 Å². The predicted octanol–water partition coefficient (Wildman–Crippen LogP) is 2.91. The molecule has 21 heavy (non-hydrogen) atoms. The Kier molecular flexibility index (Phi) is 6.99. The minimum atomic E-state index is -0.750. The van der Waals surface area contributed by atoms with Crippen LogP contribution in [0.4, 0.5) is 4.79 Å². The van der Waals surface area contributed by atoms with Crippen molar-refractivity contribution in [3.8, 4) is 0 Å². The Morgan fingerprint density at radius 3 is 2.57 bits per heavy atom. The Morgan fingerprint density at radius 1 is 1.33 bits per heavy atom. The first-order valence-corrected chi connectivity index (χ1v) is 8.03. The van der Waals surface area contributed by atoms with Crippen molar-refractivity contribution in [2.45, 2.75) is 46.5 Å². The molecule has 2 unspecified atom stereocenters. The molecule has 1 rings (SSSR count). The largest absolute Gasteiger partial charge is 0.481 e. The van der Waals surface area contributed by atoms with E-state index in [4.69, 9.17) is 5.11 Å². The van der Waals surface area contributed by atoms with Crippen LogP contribution >= 0.6 is 0 Å². The molecular formula is C16H30N2O3. The zero-order valence-electron chi connectivity index (χ0n) is 13.8. The van der Waals surface area contributed by atoms with Crippen LogP contribution in [0.25, 0.3) is 0 Å². The maximum absolute atomic E-state index is 12.4. The molecule has 1 aliphatic heterocycles. The van der Waals surface area contributed by atoms with Crippen LogP contribution in [0.5, 0.6) is 0 Å². The third-order valence-electron chi connectivity index (χ3n) is 4.40. The first-order chi connectivity index (χ1) is 9.81. The fraction of sp³-hybridized carbons (Fsp3) is 0.875. The summed E-state index contributed by atoms with van der Waals surface area (Å²) in [4.78, 5) is 27.0. The quantitative estimate of drug-likeness (QED) is 0.820. The minimum Gasteiger partial charge on any atom is -0.481 e. The monoisotopic (exact) mass is 298 g/mol. The van der Waals surface area contributed by atoms with E-state index in [2.05, 4.69) is 13.8 Å². The lowest BCUT2D eigenvalue weighted by molar-refractivity contribution is -0.138. The first-order valence-electron chi connectivity index (χ1n) is 8.03. The summed E-state index contributed by atoms with van der Waals surface area (Å²) in [6, 6.07) is 0.0860. The molecule has 5 nitrogen and oxygen atoms in total. The van der Waals surface area contributed by atoms with Crippen molar-refractivity contribution in [1.82, 2.24) is 9.80 Å². The number of piperidine rings is 1. The van der Waals surface area contributed by atoms with Gasteiger partial charge < -0.3 is 14.9 Å². The van der Waals surface area contributed by atoms with Gasteiger partial charge in [0.2, 0.25) is 0 Å². The molecule has 1 saturated heterocycles. The van der Waals surface area contributed by atoms with Gasteiger partial charge in [-0.05, 0) is 37.0 Å². The van der Waals surface area contributed by atoms with E-state index in [0.717, 1.165) is 32.4 Å². The van der Waals surface area contributed by atoms with Gasteiger partial charge >= 0.3 is 12.0 Å². The Bertz CT molecular complexity index is 357. The Morgan fingerprint density at radius 2 is 2.00 bits per heavy atom. The number of nitrogens with zero attached hydrogens (tertiary/aromatic N) is 2. The lowest BCUT2D eigenvalue weighted by atomic mass is 9.85. The van der Waals surface area contributed by atoms with Crippen molar-refractivity contribution < 1.29 is 14.7 Å². The maximum Gasteiger partial charge on any atom is 0.319 e. The number of amides is 2. The highest BCUT2D eigenvalue weighted by atomic mass is 16.4. The average molecular weight is 298 g/mol. The van der Waals surface area contributed by atoms with Crippen LogP contribution in [-0.4, -0.2) is 53.6 Å². The van der Waals surface area contributed by atoms with E-state index in [0.29, 0.717) is 18.4 Å². The fourth-order valence-electron chi connectivity index (χ4n) is 2.88. The summed E-state index contributed by atoms with van der Waals surface area (Å²) in [5.74, 6) is 0.265. The summed E-state index contributed by atoms with van der Waals surface area (Å²) in [5.41, 5.74) is 0. The normalized spacial score (nSPS) is 20.4. The van der Waals surface area contributed by atoms with Gasteiger partial charge in [-0.15, -0.1) is 0 Å². The zero-order valence-corrected chi connectivity index (χ0v) is 13.8. The number of urea groups is 1. The van der Waals surface area contributed by atoms with Crippen molar-refractivity contribution in [3.63, 3.8) is 0 Å². The molecule has 0 spiro atoms. The lowest BCUT2D eigenvalue weighted by Crippen LogP contribution is -2.47. The van der Waals surface area contributed by atoms with E-state index >= 15 is 0 Å². The third kappa shape index (κ3) is 5.94. The minimum absolute atomic E-state index is 0.0860. The second kappa shape index (κ2) is 8.25. The van der Waals surface area contributed by atoms with E-state index < -0.39 is 5.97 Å². The van der Waals surface area contributed by atoms with E-state index in [1.807, 2.05) is 18.9 Å². The number of hydrogen-bond acceptors (Lipinski definition) is 2. The molecule has 0 saturated carbocycles. The molecule has 0 radical (unpaired) electrons. The summed E-state index contributed by atoms with van der Waals surface area (Å²) in [6.07, 6.45) is 3.19. The number of likely N-dealkylation sites (tertiary alicyclic amines) is 1. The van der Waals surface area contributed by atoms with Crippen LogP contribution < -0.4 is 0 Å². The number of carbonyl (C=O) groups is 2. The predicted molar refractivity (Wildman–Crippen MR) is 83.2 cm³/mol. The van der Waals surface area contributed by atoms with Crippen LogP contribution in [0.1, 0.15) is 46.5 Å². The molecule has 0 aromatic carbocycles. The summed E-state index contributed by atoms with van der Waals surface area (Å²) in [7, 11) is 1.86. The third-order valence-corrected chi connectivity index (χ3v) is 4.40. The van der Waals surface area contributed by atoms with Crippen LogP contribution in [-0.2, 0) is 4.79 Å². The van der Waals surface area contributed by atoms with Crippen molar-refractivity contribution in [2.75, 3.05) is 26.7 Å². The SMILES string of the molecule is CC(C)CCN(C)C(=O)N1CCCC(C(C)CC(=O)O)C1. The van der Waals surface area contributed by atoms with Gasteiger partial charge in [0, 0.05) is 33.1 Å². The van der Waals surface area contributed by atoms with Gasteiger partial charge in [-0.1, -0.05) is 20.8 Å². The summed E-state index contributed by atoms with van der Waals surface area (Å²) in [5, 5.41) is 8.91. The smallest absolute Gasteiger partial charge is 0.319 e. The van der Waals surface area contributed by atoms with Crippen LogP contribution in [0.15, 0.2) is 0 Å². The molecule has 0 aliphatic carbocycles. The number of rotatable bonds is 6. The van der Waals surface area contributed by atoms with Crippen molar-refractivity contribution in [2.24, 2.45) is 17.8 Å². The summed E-state index contributed by atoms with van der Waals surface area (Å²) < 4.78 is 0. The highest BCUT2D eigenvalue weighted by molar-refractivity contribution is 5.74. The average Bonchev–Trinajstić information content (AvgIpc) is 2.43. The Labute approximate surface area is 128 Å². The molecule has 0 aromatic rings. The van der Waals surface area contributed by atoms with Gasteiger partial charge in [-0.25, -0.2) is 4.79 Å². The summed E-state index contributed by atoms with van der Waals surface area (Å²) in [6.45, 7) is 8.56. The highest BCUT2D eigenvalue weighted by Gasteiger charge is 2.29. The Balaban J connectivity index is 2.51. The molecule has 0 aromatic heterocycles. The molecule has 0 bridgehead atoms. The molecule has 1 heterocycles. The van der Waals surface area contributed by atoms with Gasteiger partial charge in [-0.2, -0.15) is 0 Å². The second-order valence-electron chi connectivity index (χ2n) is 6.81. The van der Waals surface area contributed by atoms with Crippen LogP contribution in [0.3, 0.4) is 0 Å². The molecule has 122 valence electrons. The van der Waals surface area contributed by atoms with E-state index in [1.165, 1.54) is 0 Å². The first kappa shape index (κ1) is 17.8. The van der Waals surface area contributed by atoms with Crippen molar-refractivity contribution in [1.29, 1.82) is 0 Å². The van der Waals surface area contributed by atoms with E-state index in [1.54, 1.807) is 4.90 Å². The number of carboxylic acids is 1. The molecule has 1 fully saturated rings. The van der Waals surface area contributed by atoms with Gasteiger partial charge in [0.1, 0.15) is 0 Å². The molecule has 1 N–H and O–H groups in total. The fourth-order valence-corrected chi connectivity index (χ4v) is 2.88. The van der Waals surface area contributed by atoms with Crippen LogP contribution in [0, 0.1) is 17.8 Å². The summed E-state index contributed by atoms with van der Waals surface area (Å²) >= 11 is 0. The van der Waals surface area contributed by atoms with Crippen molar-refractivity contribution >= 4 is 12.0 Å². The topological polar surface area (TPSA) is 60.9 Å². The zero-order chi connectivity index (χ0) is 16.0. The molecule has 2 amide bonds. The molecular weight excluding hydrogens is 268 g/mol. The highest BCUT2D eigenvalue weighted by Crippen LogP contribution is 2.26. The maximum atomic E-state index is 12.4. The molecule has 2 atom stereocenters. The number of carbonyl (C=O) groups excluding carboxylic acids is 1. The lowest BCUT2D eigenvalue weighted by Gasteiger charge is -2.37. The van der Waals surface area contributed by atoms with Crippen LogP contribution in [0.2, 0.25) is 0 Å². The molecule has 1 aliphatic rings. The molecule has 5 heteroatoms. The van der Waals surface area contributed by atoms with E-state index in [-0.39, 0.29) is 18.4 Å². The number of aliphatic carboxylic acids is 1. The van der Waals surface area contributed by atoms with E-state index in [9.17, 15) is 9.59 Å².